The van der Waals surface area contributed by atoms with Crippen molar-refractivity contribution < 1.29 is 0 Å². The highest BCUT2D eigenvalue weighted by Gasteiger charge is 2.05. The summed E-state index contributed by atoms with van der Waals surface area (Å²) in [5.74, 6) is 0.773. The standard InChI is InChI=1S/C13H12Cl2N2/c1-2-4-13-16-11(8-12(15)17-13)9-5-3-6-10(14)7-9/h3,5-8H,2,4H2,1H3. The Balaban J connectivity index is 2.44. The molecule has 0 aliphatic heterocycles. The van der Waals surface area contributed by atoms with Crippen LogP contribution in [-0.4, -0.2) is 9.97 Å². The fourth-order valence-electron chi connectivity index (χ4n) is 1.60. The molecule has 17 heavy (non-hydrogen) atoms. The predicted octanol–water partition coefficient (Wildman–Crippen LogP) is 4.40. The van der Waals surface area contributed by atoms with Gasteiger partial charge in [-0.2, -0.15) is 0 Å². The molecule has 0 radical (unpaired) electrons. The van der Waals surface area contributed by atoms with E-state index in [1.54, 1.807) is 6.07 Å². The summed E-state index contributed by atoms with van der Waals surface area (Å²) in [6.45, 7) is 2.09. The molecule has 0 saturated carbocycles. The van der Waals surface area contributed by atoms with Crippen molar-refractivity contribution in [3.63, 3.8) is 0 Å². The van der Waals surface area contributed by atoms with E-state index in [9.17, 15) is 0 Å². The molecule has 0 unspecified atom stereocenters. The van der Waals surface area contributed by atoms with Gasteiger partial charge in [0.05, 0.1) is 5.69 Å². The Bertz CT molecular complexity index is 527. The summed E-state index contributed by atoms with van der Waals surface area (Å²) in [6, 6.07) is 9.32. The Hall–Kier alpha value is -1.12. The van der Waals surface area contributed by atoms with Gasteiger partial charge in [0.15, 0.2) is 0 Å². The maximum atomic E-state index is 5.99. The fraction of sp³-hybridized carbons (Fsp3) is 0.231. The number of hydrogen-bond acceptors (Lipinski definition) is 2. The number of halogens is 2. The van der Waals surface area contributed by atoms with Crippen LogP contribution in [0, 0.1) is 0 Å². The van der Waals surface area contributed by atoms with Crippen LogP contribution in [0.25, 0.3) is 11.3 Å². The molecule has 0 bridgehead atoms. The molecule has 0 saturated heterocycles. The highest BCUT2D eigenvalue weighted by molar-refractivity contribution is 6.31. The summed E-state index contributed by atoms with van der Waals surface area (Å²) in [4.78, 5) is 8.67. The zero-order valence-corrected chi connectivity index (χ0v) is 11.0. The van der Waals surface area contributed by atoms with E-state index in [0.717, 1.165) is 29.9 Å². The average molecular weight is 267 g/mol. The van der Waals surface area contributed by atoms with Gasteiger partial charge in [0, 0.05) is 23.1 Å². The third kappa shape index (κ3) is 3.18. The Kier molecular flexibility index (Phi) is 3.97. The van der Waals surface area contributed by atoms with Gasteiger partial charge in [-0.1, -0.05) is 42.3 Å². The van der Waals surface area contributed by atoms with Gasteiger partial charge in [-0.25, -0.2) is 9.97 Å². The quantitative estimate of drug-likeness (QED) is 0.770. The smallest absolute Gasteiger partial charge is 0.133 e. The van der Waals surface area contributed by atoms with Crippen LogP contribution >= 0.6 is 23.2 Å². The van der Waals surface area contributed by atoms with Crippen molar-refractivity contribution in [2.75, 3.05) is 0 Å². The number of benzene rings is 1. The lowest BCUT2D eigenvalue weighted by Crippen LogP contribution is -1.96. The molecule has 0 aliphatic carbocycles. The van der Waals surface area contributed by atoms with Crippen molar-refractivity contribution in [3.05, 3.63) is 46.3 Å². The van der Waals surface area contributed by atoms with Crippen molar-refractivity contribution in [3.8, 4) is 11.3 Å². The Labute approximate surface area is 111 Å². The van der Waals surface area contributed by atoms with Crippen LogP contribution in [0.2, 0.25) is 10.2 Å². The number of aromatic nitrogens is 2. The molecular weight excluding hydrogens is 255 g/mol. The van der Waals surface area contributed by atoms with E-state index >= 15 is 0 Å². The second-order valence-electron chi connectivity index (χ2n) is 3.75. The molecule has 1 aromatic heterocycles. The SMILES string of the molecule is CCCc1nc(Cl)cc(-c2cccc(Cl)c2)n1. The van der Waals surface area contributed by atoms with Crippen molar-refractivity contribution in [1.29, 1.82) is 0 Å². The van der Waals surface area contributed by atoms with Gasteiger partial charge in [0.2, 0.25) is 0 Å². The molecule has 2 rings (SSSR count). The number of rotatable bonds is 3. The maximum absolute atomic E-state index is 5.99. The third-order valence-corrected chi connectivity index (χ3v) is 2.76. The largest absolute Gasteiger partial charge is 0.233 e. The van der Waals surface area contributed by atoms with Crippen LogP contribution in [0.4, 0.5) is 0 Å². The lowest BCUT2D eigenvalue weighted by molar-refractivity contribution is 0.836. The normalized spacial score (nSPS) is 10.5. The molecule has 0 fully saturated rings. The first kappa shape index (κ1) is 12.3. The number of nitrogens with zero attached hydrogens (tertiary/aromatic N) is 2. The van der Waals surface area contributed by atoms with E-state index in [-0.39, 0.29) is 0 Å². The second kappa shape index (κ2) is 5.48. The lowest BCUT2D eigenvalue weighted by atomic mass is 10.1. The zero-order valence-electron chi connectivity index (χ0n) is 9.45. The van der Waals surface area contributed by atoms with Gasteiger partial charge >= 0.3 is 0 Å². The monoisotopic (exact) mass is 266 g/mol. The summed E-state index contributed by atoms with van der Waals surface area (Å²) in [5.41, 5.74) is 1.77. The van der Waals surface area contributed by atoms with E-state index in [1.165, 1.54) is 0 Å². The average Bonchev–Trinajstić information content (AvgIpc) is 2.28. The molecule has 0 spiro atoms. The number of aryl methyl sites for hydroxylation is 1. The van der Waals surface area contributed by atoms with Crippen LogP contribution in [0.3, 0.4) is 0 Å². The fourth-order valence-corrected chi connectivity index (χ4v) is 1.99. The van der Waals surface area contributed by atoms with E-state index in [4.69, 9.17) is 23.2 Å². The summed E-state index contributed by atoms with van der Waals surface area (Å²) in [5, 5.41) is 1.16. The summed E-state index contributed by atoms with van der Waals surface area (Å²) in [7, 11) is 0. The minimum absolute atomic E-state index is 0.471. The molecule has 1 aromatic carbocycles. The van der Waals surface area contributed by atoms with Crippen LogP contribution in [-0.2, 0) is 6.42 Å². The van der Waals surface area contributed by atoms with Gasteiger partial charge in [0.25, 0.3) is 0 Å². The van der Waals surface area contributed by atoms with Crippen LogP contribution in [0.1, 0.15) is 19.2 Å². The van der Waals surface area contributed by atoms with Crippen molar-refractivity contribution in [1.82, 2.24) is 9.97 Å². The van der Waals surface area contributed by atoms with Crippen molar-refractivity contribution in [2.24, 2.45) is 0 Å². The molecule has 1 heterocycles. The Morgan fingerprint density at radius 1 is 1.12 bits per heavy atom. The molecular formula is C13H12Cl2N2. The van der Waals surface area contributed by atoms with Crippen molar-refractivity contribution >= 4 is 23.2 Å². The van der Waals surface area contributed by atoms with Gasteiger partial charge in [0.1, 0.15) is 11.0 Å². The highest BCUT2D eigenvalue weighted by atomic mass is 35.5. The molecule has 4 heteroatoms. The third-order valence-electron chi connectivity index (χ3n) is 2.34. The summed E-state index contributed by atoms with van der Waals surface area (Å²) in [6.07, 6.45) is 1.82. The van der Waals surface area contributed by atoms with Gasteiger partial charge in [-0.3, -0.25) is 0 Å². The lowest BCUT2D eigenvalue weighted by Gasteiger charge is -2.05. The van der Waals surface area contributed by atoms with Crippen LogP contribution in [0.5, 0.6) is 0 Å². The second-order valence-corrected chi connectivity index (χ2v) is 4.58. The van der Waals surface area contributed by atoms with Gasteiger partial charge in [-0.05, 0) is 18.6 Å². The first-order valence-corrected chi connectivity index (χ1v) is 6.24. The van der Waals surface area contributed by atoms with Crippen LogP contribution in [0.15, 0.2) is 30.3 Å². The highest BCUT2D eigenvalue weighted by Crippen LogP contribution is 2.23. The Morgan fingerprint density at radius 2 is 1.94 bits per heavy atom. The molecule has 88 valence electrons. The summed E-state index contributed by atoms with van der Waals surface area (Å²) >= 11 is 12.0. The molecule has 0 aliphatic rings. The minimum atomic E-state index is 0.471. The van der Waals surface area contributed by atoms with Gasteiger partial charge < -0.3 is 0 Å². The molecule has 2 nitrogen and oxygen atoms in total. The molecule has 0 atom stereocenters. The molecule has 2 aromatic rings. The van der Waals surface area contributed by atoms with E-state index in [1.807, 2.05) is 24.3 Å². The van der Waals surface area contributed by atoms with Crippen LogP contribution < -0.4 is 0 Å². The number of hydrogen-bond donors (Lipinski definition) is 0. The van der Waals surface area contributed by atoms with Gasteiger partial charge in [-0.15, -0.1) is 0 Å². The predicted molar refractivity (Wildman–Crippen MR) is 71.5 cm³/mol. The van der Waals surface area contributed by atoms with E-state index in [0.29, 0.717) is 10.2 Å². The van der Waals surface area contributed by atoms with E-state index < -0.39 is 0 Å². The topological polar surface area (TPSA) is 25.8 Å². The van der Waals surface area contributed by atoms with E-state index in [2.05, 4.69) is 16.9 Å². The zero-order chi connectivity index (χ0) is 12.3. The maximum Gasteiger partial charge on any atom is 0.133 e. The van der Waals surface area contributed by atoms with Crippen molar-refractivity contribution in [2.45, 2.75) is 19.8 Å². The first-order chi connectivity index (χ1) is 8.19. The minimum Gasteiger partial charge on any atom is -0.233 e. The first-order valence-electron chi connectivity index (χ1n) is 5.48. The molecule has 0 amide bonds. The molecule has 0 N–H and O–H groups in total. The Morgan fingerprint density at radius 3 is 2.65 bits per heavy atom. The summed E-state index contributed by atoms with van der Waals surface area (Å²) < 4.78 is 0.